The quantitative estimate of drug-likeness (QED) is 0.683. The average molecular weight is 352 g/mol. The number of aliphatic carboxylic acids is 1. The van der Waals surface area contributed by atoms with Crippen LogP contribution in [0, 0.1) is 0 Å². The van der Waals surface area contributed by atoms with E-state index in [4.69, 9.17) is 5.11 Å². The van der Waals surface area contributed by atoms with E-state index in [9.17, 15) is 14.4 Å². The first-order valence-corrected chi connectivity index (χ1v) is 8.50. The molecular weight excluding hydrogens is 328 g/mol. The van der Waals surface area contributed by atoms with E-state index in [0.29, 0.717) is 10.5 Å². The number of nitrogens with one attached hydrogen (secondary N) is 2. The van der Waals surface area contributed by atoms with E-state index in [0.717, 1.165) is 11.8 Å². The minimum absolute atomic E-state index is 0.278. The van der Waals surface area contributed by atoms with E-state index in [1.807, 2.05) is 20.8 Å². The lowest BCUT2D eigenvalue weighted by atomic mass is 10.1. The summed E-state index contributed by atoms with van der Waals surface area (Å²) in [6.45, 7) is 8.74. The summed E-state index contributed by atoms with van der Waals surface area (Å²) in [5.74, 6) is -1.64. The molecule has 0 aliphatic rings. The van der Waals surface area contributed by atoms with Crippen molar-refractivity contribution in [1.29, 1.82) is 0 Å². The Morgan fingerprint density at radius 3 is 2.25 bits per heavy atom. The summed E-state index contributed by atoms with van der Waals surface area (Å²) in [5, 5.41) is 13.8. The van der Waals surface area contributed by atoms with E-state index < -0.39 is 23.2 Å². The zero-order valence-electron chi connectivity index (χ0n) is 14.5. The van der Waals surface area contributed by atoms with Gasteiger partial charge in [0.25, 0.3) is 5.91 Å². The third-order valence-corrected chi connectivity index (χ3v) is 4.19. The van der Waals surface area contributed by atoms with Gasteiger partial charge in [0.1, 0.15) is 11.3 Å². The Labute approximate surface area is 146 Å². The minimum Gasteiger partial charge on any atom is -0.480 e. The van der Waals surface area contributed by atoms with Crippen molar-refractivity contribution in [3.8, 4) is 0 Å². The van der Waals surface area contributed by atoms with Gasteiger partial charge < -0.3 is 15.7 Å². The monoisotopic (exact) mass is 352 g/mol. The van der Waals surface area contributed by atoms with Gasteiger partial charge in [0.2, 0.25) is 5.91 Å². The van der Waals surface area contributed by atoms with Gasteiger partial charge in [0, 0.05) is 10.4 Å². The van der Waals surface area contributed by atoms with E-state index in [1.165, 1.54) is 0 Å². The first kappa shape index (κ1) is 20.0. The Kier molecular flexibility index (Phi) is 6.83. The fourth-order valence-corrected chi connectivity index (χ4v) is 2.74. The lowest BCUT2D eigenvalue weighted by molar-refractivity contribution is -0.136. The highest BCUT2D eigenvalue weighted by Gasteiger charge is 2.23. The lowest BCUT2D eigenvalue weighted by Gasteiger charge is -2.24. The maximum atomic E-state index is 12.4. The van der Waals surface area contributed by atoms with Crippen molar-refractivity contribution in [3.05, 3.63) is 29.8 Å². The van der Waals surface area contributed by atoms with E-state index in [1.54, 1.807) is 38.1 Å². The Balaban J connectivity index is 2.85. The van der Waals surface area contributed by atoms with Crippen molar-refractivity contribution in [2.24, 2.45) is 0 Å². The molecule has 132 valence electrons. The molecule has 2 unspecified atom stereocenters. The van der Waals surface area contributed by atoms with E-state index in [2.05, 4.69) is 10.6 Å². The zero-order chi connectivity index (χ0) is 18.5. The molecule has 7 heteroatoms. The number of rotatable bonds is 6. The van der Waals surface area contributed by atoms with Crippen LogP contribution in [0.15, 0.2) is 29.2 Å². The third kappa shape index (κ3) is 6.23. The van der Waals surface area contributed by atoms with Crippen molar-refractivity contribution in [1.82, 2.24) is 10.6 Å². The third-order valence-electron chi connectivity index (χ3n) is 3.02. The second kappa shape index (κ2) is 8.19. The van der Waals surface area contributed by atoms with Crippen molar-refractivity contribution in [3.63, 3.8) is 0 Å². The van der Waals surface area contributed by atoms with Crippen molar-refractivity contribution >= 4 is 29.5 Å². The lowest BCUT2D eigenvalue weighted by Crippen LogP contribution is -2.50. The van der Waals surface area contributed by atoms with Crippen molar-refractivity contribution < 1.29 is 19.5 Å². The molecule has 0 radical (unpaired) electrons. The predicted molar refractivity (Wildman–Crippen MR) is 94.2 cm³/mol. The van der Waals surface area contributed by atoms with Crippen LogP contribution < -0.4 is 10.6 Å². The number of hydrogen-bond donors (Lipinski definition) is 3. The molecule has 0 aromatic heterocycles. The fraction of sp³-hybridized carbons (Fsp3) is 0.471. The van der Waals surface area contributed by atoms with Crippen LogP contribution in [0.2, 0.25) is 0 Å². The number of benzene rings is 1. The number of carboxylic acids is 1. The molecule has 0 heterocycles. The summed E-state index contributed by atoms with van der Waals surface area (Å²) in [7, 11) is 0. The van der Waals surface area contributed by atoms with Gasteiger partial charge in [0.05, 0.1) is 5.56 Å². The highest BCUT2D eigenvalue weighted by Crippen LogP contribution is 2.27. The molecule has 1 rings (SSSR count). The second-order valence-corrected chi connectivity index (χ2v) is 7.91. The molecule has 24 heavy (non-hydrogen) atoms. The molecule has 0 saturated heterocycles. The summed E-state index contributed by atoms with van der Waals surface area (Å²) in [5.41, 5.74) is -0.0354. The number of carbonyl (C=O) groups excluding carboxylic acids is 2. The highest BCUT2D eigenvalue weighted by molar-refractivity contribution is 8.00. The summed E-state index contributed by atoms with van der Waals surface area (Å²) in [6.07, 6.45) is 0. The van der Waals surface area contributed by atoms with Crippen LogP contribution in [0.4, 0.5) is 0 Å². The Morgan fingerprint density at radius 1 is 1.12 bits per heavy atom. The maximum absolute atomic E-state index is 12.4. The van der Waals surface area contributed by atoms with E-state index >= 15 is 0 Å². The van der Waals surface area contributed by atoms with Crippen LogP contribution in [0.5, 0.6) is 0 Å². The van der Waals surface area contributed by atoms with Gasteiger partial charge in [0.15, 0.2) is 0 Å². The number of carbonyl (C=O) groups is 3. The van der Waals surface area contributed by atoms with Crippen LogP contribution in [0.3, 0.4) is 0 Å². The average Bonchev–Trinajstić information content (AvgIpc) is 2.45. The molecule has 0 aliphatic carbocycles. The molecule has 0 spiro atoms. The van der Waals surface area contributed by atoms with Crippen LogP contribution in [-0.2, 0) is 9.59 Å². The van der Waals surface area contributed by atoms with Crippen LogP contribution in [0.1, 0.15) is 45.0 Å². The van der Waals surface area contributed by atoms with Gasteiger partial charge in [-0.2, -0.15) is 0 Å². The van der Waals surface area contributed by atoms with Crippen LogP contribution in [0.25, 0.3) is 0 Å². The highest BCUT2D eigenvalue weighted by atomic mass is 32.2. The molecule has 0 aliphatic heterocycles. The van der Waals surface area contributed by atoms with Gasteiger partial charge in [-0.3, -0.25) is 14.4 Å². The fourth-order valence-electron chi connectivity index (χ4n) is 1.82. The van der Waals surface area contributed by atoms with E-state index in [-0.39, 0.29) is 11.4 Å². The van der Waals surface area contributed by atoms with Gasteiger partial charge in [-0.15, -0.1) is 11.8 Å². The Hall–Kier alpha value is -2.02. The minimum atomic E-state index is -0.951. The molecule has 6 nitrogen and oxygen atoms in total. The second-order valence-electron chi connectivity index (χ2n) is 6.53. The van der Waals surface area contributed by atoms with Crippen molar-refractivity contribution in [2.75, 3.05) is 0 Å². The van der Waals surface area contributed by atoms with Gasteiger partial charge >= 0.3 is 5.97 Å². The molecule has 0 saturated carbocycles. The zero-order valence-corrected chi connectivity index (χ0v) is 15.4. The molecular formula is C17H24N2O4S. The summed E-state index contributed by atoms with van der Waals surface area (Å²) < 4.78 is 0. The maximum Gasteiger partial charge on any atom is 0.316 e. The van der Waals surface area contributed by atoms with Crippen molar-refractivity contribution in [2.45, 2.75) is 56.3 Å². The molecule has 1 aromatic carbocycles. The summed E-state index contributed by atoms with van der Waals surface area (Å²) in [4.78, 5) is 36.1. The standard InChI is InChI=1S/C17H24N2O4S/c1-10(14(20)19-17(3,4)5)18-15(21)12-8-6-7-9-13(12)24-11(2)16(22)23/h6-11H,1-5H3,(H,18,21)(H,19,20)(H,22,23). The van der Waals surface area contributed by atoms with Gasteiger partial charge in [-0.25, -0.2) is 0 Å². The summed E-state index contributed by atoms with van der Waals surface area (Å²) >= 11 is 1.09. The number of thioether (sulfide) groups is 1. The number of hydrogen-bond acceptors (Lipinski definition) is 4. The van der Waals surface area contributed by atoms with Crippen LogP contribution in [-0.4, -0.2) is 39.7 Å². The predicted octanol–water partition coefficient (Wildman–Crippen LogP) is 2.28. The molecule has 0 bridgehead atoms. The largest absolute Gasteiger partial charge is 0.480 e. The number of carboxylic acid groups (broad SMARTS) is 1. The molecule has 2 amide bonds. The molecule has 2 atom stereocenters. The van der Waals surface area contributed by atoms with Gasteiger partial charge in [-0.05, 0) is 46.8 Å². The van der Waals surface area contributed by atoms with Gasteiger partial charge in [-0.1, -0.05) is 12.1 Å². The topological polar surface area (TPSA) is 95.5 Å². The van der Waals surface area contributed by atoms with Crippen LogP contribution >= 0.6 is 11.8 Å². The Bertz CT molecular complexity index is 625. The molecule has 3 N–H and O–H groups in total. The Morgan fingerprint density at radius 2 is 1.71 bits per heavy atom. The SMILES string of the molecule is CC(NC(=O)c1ccccc1SC(C)C(=O)O)C(=O)NC(C)(C)C. The summed E-state index contributed by atoms with van der Waals surface area (Å²) in [6, 6.07) is 6.04. The number of amides is 2. The normalized spacial score (nSPS) is 13.7. The first-order chi connectivity index (χ1) is 11.0. The molecule has 0 fully saturated rings. The smallest absolute Gasteiger partial charge is 0.316 e. The first-order valence-electron chi connectivity index (χ1n) is 7.62. The molecule has 1 aromatic rings.